The average Bonchev–Trinajstić information content (AvgIpc) is 2.42. The van der Waals surface area contributed by atoms with Crippen LogP contribution in [0.25, 0.3) is 0 Å². The second-order valence-corrected chi connectivity index (χ2v) is 6.33. The highest BCUT2D eigenvalue weighted by molar-refractivity contribution is 9.10. The largest absolute Gasteiger partial charge is 0.306 e. The molecule has 0 saturated carbocycles. The topological polar surface area (TPSA) is 12.0 Å². The molecule has 0 amide bonds. The van der Waals surface area contributed by atoms with Gasteiger partial charge in [-0.3, -0.25) is 0 Å². The predicted octanol–water partition coefficient (Wildman–Crippen LogP) is 5.29. The minimum absolute atomic E-state index is 0.112. The van der Waals surface area contributed by atoms with Crippen molar-refractivity contribution in [1.82, 2.24) is 5.32 Å². The first-order valence-corrected chi connectivity index (χ1v) is 8.07. The predicted molar refractivity (Wildman–Crippen MR) is 90.2 cm³/mol. The van der Waals surface area contributed by atoms with Crippen LogP contribution in [0.4, 0.5) is 4.39 Å². The molecule has 0 fully saturated rings. The molecule has 0 aliphatic rings. The number of rotatable bonds is 5. The molecule has 0 saturated heterocycles. The molecule has 0 spiro atoms. The Bertz CT molecular complexity index is 573. The van der Waals surface area contributed by atoms with E-state index in [0.29, 0.717) is 5.56 Å². The zero-order valence-electron chi connectivity index (χ0n) is 12.7. The van der Waals surface area contributed by atoms with Gasteiger partial charge in [-0.2, -0.15) is 0 Å². The van der Waals surface area contributed by atoms with Crippen molar-refractivity contribution in [2.24, 2.45) is 0 Å². The highest BCUT2D eigenvalue weighted by Crippen LogP contribution is 2.29. The van der Waals surface area contributed by atoms with E-state index in [1.165, 1.54) is 17.2 Å². The minimum Gasteiger partial charge on any atom is -0.306 e. The number of halogens is 2. The van der Waals surface area contributed by atoms with Crippen LogP contribution < -0.4 is 5.32 Å². The summed E-state index contributed by atoms with van der Waals surface area (Å²) in [6.07, 6.45) is 1.01. The van der Waals surface area contributed by atoms with E-state index in [1.54, 1.807) is 0 Å². The minimum atomic E-state index is -0.182. The Morgan fingerprint density at radius 3 is 2.43 bits per heavy atom. The van der Waals surface area contributed by atoms with E-state index >= 15 is 0 Å². The lowest BCUT2D eigenvalue weighted by Crippen LogP contribution is -2.25. The smallest absolute Gasteiger partial charge is 0.129 e. The Balaban J connectivity index is 2.46. The zero-order chi connectivity index (χ0) is 15.4. The van der Waals surface area contributed by atoms with Gasteiger partial charge in [0.1, 0.15) is 5.82 Å². The van der Waals surface area contributed by atoms with Gasteiger partial charge in [0.15, 0.2) is 0 Å². The Kier molecular flexibility index (Phi) is 5.54. The van der Waals surface area contributed by atoms with Gasteiger partial charge in [-0.15, -0.1) is 0 Å². The molecular formula is C18H21BrFN. The van der Waals surface area contributed by atoms with E-state index < -0.39 is 0 Å². The molecule has 1 atom stereocenters. The van der Waals surface area contributed by atoms with Crippen LogP contribution in [0.3, 0.4) is 0 Å². The molecule has 0 aliphatic heterocycles. The van der Waals surface area contributed by atoms with Gasteiger partial charge in [-0.25, -0.2) is 4.39 Å². The number of nitrogens with one attached hydrogen (secondary N) is 1. The van der Waals surface area contributed by atoms with Crippen LogP contribution >= 0.6 is 15.9 Å². The molecule has 3 heteroatoms. The van der Waals surface area contributed by atoms with Crippen LogP contribution in [0.5, 0.6) is 0 Å². The summed E-state index contributed by atoms with van der Waals surface area (Å²) in [6.45, 7) is 7.13. The first-order chi connectivity index (χ1) is 10.0. The van der Waals surface area contributed by atoms with E-state index in [0.717, 1.165) is 23.0 Å². The fraction of sp³-hybridized carbons (Fsp3) is 0.333. The average molecular weight is 350 g/mol. The van der Waals surface area contributed by atoms with Crippen LogP contribution in [0, 0.1) is 19.7 Å². The fourth-order valence-corrected chi connectivity index (χ4v) is 2.89. The summed E-state index contributed by atoms with van der Waals surface area (Å²) in [5.74, 6) is -0.182. The van der Waals surface area contributed by atoms with E-state index in [9.17, 15) is 4.39 Å². The molecule has 21 heavy (non-hydrogen) atoms. The third-order valence-electron chi connectivity index (χ3n) is 3.61. The van der Waals surface area contributed by atoms with Crippen LogP contribution in [0.1, 0.15) is 41.6 Å². The molecule has 1 nitrogen and oxygen atoms in total. The highest BCUT2D eigenvalue weighted by atomic mass is 79.9. The van der Waals surface area contributed by atoms with Crippen molar-refractivity contribution in [3.8, 4) is 0 Å². The molecule has 0 radical (unpaired) electrons. The van der Waals surface area contributed by atoms with E-state index in [4.69, 9.17) is 0 Å². The molecule has 0 aromatic heterocycles. The van der Waals surface area contributed by atoms with Gasteiger partial charge in [-0.05, 0) is 50.1 Å². The number of aryl methyl sites for hydroxylation is 2. The summed E-state index contributed by atoms with van der Waals surface area (Å²) in [7, 11) is 0. The first kappa shape index (κ1) is 16.2. The number of hydrogen-bond donors (Lipinski definition) is 1. The molecular weight excluding hydrogens is 329 g/mol. The summed E-state index contributed by atoms with van der Waals surface area (Å²) < 4.78 is 15.1. The fourth-order valence-electron chi connectivity index (χ4n) is 2.56. The van der Waals surface area contributed by atoms with E-state index in [1.807, 2.05) is 12.1 Å². The van der Waals surface area contributed by atoms with Crippen molar-refractivity contribution in [1.29, 1.82) is 0 Å². The van der Waals surface area contributed by atoms with Gasteiger partial charge in [0.05, 0.1) is 6.04 Å². The number of benzene rings is 2. The van der Waals surface area contributed by atoms with Crippen molar-refractivity contribution in [2.75, 3.05) is 6.54 Å². The molecule has 0 aliphatic carbocycles. The van der Waals surface area contributed by atoms with Gasteiger partial charge in [-0.1, -0.05) is 52.7 Å². The lowest BCUT2D eigenvalue weighted by molar-refractivity contribution is 0.545. The maximum Gasteiger partial charge on any atom is 0.129 e. The summed E-state index contributed by atoms with van der Waals surface area (Å²) in [5.41, 5.74) is 4.24. The number of hydrogen-bond acceptors (Lipinski definition) is 1. The van der Waals surface area contributed by atoms with Crippen molar-refractivity contribution in [2.45, 2.75) is 33.2 Å². The maximum absolute atomic E-state index is 14.4. The molecule has 0 heterocycles. The summed E-state index contributed by atoms with van der Waals surface area (Å²) in [5, 5.41) is 3.47. The second-order valence-electron chi connectivity index (χ2n) is 5.41. The Hall–Kier alpha value is -1.19. The first-order valence-electron chi connectivity index (χ1n) is 7.28. The summed E-state index contributed by atoms with van der Waals surface area (Å²) >= 11 is 3.32. The standard InChI is InChI=1S/C18H21BrFN/c1-4-9-21-18(15-7-5-12(2)10-13(15)3)16-8-6-14(19)11-17(16)20/h5-8,10-11,18,21H,4,9H2,1-3H3. The lowest BCUT2D eigenvalue weighted by Gasteiger charge is -2.22. The molecule has 1 unspecified atom stereocenters. The van der Waals surface area contributed by atoms with Crippen LogP contribution in [0.2, 0.25) is 0 Å². The Labute approximate surface area is 134 Å². The van der Waals surface area contributed by atoms with Crippen LogP contribution in [0.15, 0.2) is 40.9 Å². The van der Waals surface area contributed by atoms with Gasteiger partial charge in [0.2, 0.25) is 0 Å². The molecule has 2 aromatic carbocycles. The van der Waals surface area contributed by atoms with Crippen molar-refractivity contribution in [3.05, 3.63) is 68.9 Å². The quantitative estimate of drug-likeness (QED) is 0.772. The van der Waals surface area contributed by atoms with Gasteiger partial charge < -0.3 is 5.32 Å². The zero-order valence-corrected chi connectivity index (χ0v) is 14.3. The van der Waals surface area contributed by atoms with Crippen LogP contribution in [-0.4, -0.2) is 6.54 Å². The van der Waals surface area contributed by atoms with Crippen molar-refractivity contribution >= 4 is 15.9 Å². The summed E-state index contributed by atoms with van der Waals surface area (Å²) in [4.78, 5) is 0. The molecule has 112 valence electrons. The molecule has 1 N–H and O–H groups in total. The lowest BCUT2D eigenvalue weighted by atomic mass is 9.93. The van der Waals surface area contributed by atoms with Crippen LogP contribution in [-0.2, 0) is 0 Å². The molecule has 0 bridgehead atoms. The highest BCUT2D eigenvalue weighted by Gasteiger charge is 2.19. The summed E-state index contributed by atoms with van der Waals surface area (Å²) in [6, 6.07) is 11.5. The van der Waals surface area contributed by atoms with Gasteiger partial charge in [0.25, 0.3) is 0 Å². The Morgan fingerprint density at radius 1 is 1.10 bits per heavy atom. The normalized spacial score (nSPS) is 12.4. The molecule has 2 rings (SSSR count). The Morgan fingerprint density at radius 2 is 1.81 bits per heavy atom. The van der Waals surface area contributed by atoms with Crippen molar-refractivity contribution in [3.63, 3.8) is 0 Å². The SMILES string of the molecule is CCCNC(c1ccc(C)cc1C)c1ccc(Br)cc1F. The van der Waals surface area contributed by atoms with E-state index in [-0.39, 0.29) is 11.9 Å². The maximum atomic E-state index is 14.4. The van der Waals surface area contributed by atoms with Gasteiger partial charge >= 0.3 is 0 Å². The second kappa shape index (κ2) is 7.19. The monoisotopic (exact) mass is 349 g/mol. The van der Waals surface area contributed by atoms with E-state index in [2.05, 4.69) is 60.2 Å². The molecule has 2 aromatic rings. The third kappa shape index (κ3) is 3.92. The third-order valence-corrected chi connectivity index (χ3v) is 4.10. The van der Waals surface area contributed by atoms with Crippen molar-refractivity contribution < 1.29 is 4.39 Å². The van der Waals surface area contributed by atoms with Gasteiger partial charge in [0, 0.05) is 10.0 Å².